The Morgan fingerprint density at radius 1 is 1.11 bits per heavy atom. The fourth-order valence-corrected chi connectivity index (χ4v) is 7.58. The van der Waals surface area contributed by atoms with Gasteiger partial charge in [0.05, 0.1) is 51.0 Å². The van der Waals surface area contributed by atoms with Crippen molar-refractivity contribution in [2.75, 3.05) is 0 Å². The van der Waals surface area contributed by atoms with Gasteiger partial charge in [-0.2, -0.15) is 5.10 Å². The Kier molecular flexibility index (Phi) is 4.64. The van der Waals surface area contributed by atoms with Gasteiger partial charge in [0, 0.05) is 6.20 Å². The van der Waals surface area contributed by atoms with E-state index in [-0.39, 0.29) is 34.2 Å². The molecule has 2 fully saturated rings. The third kappa shape index (κ3) is 2.88. The highest BCUT2D eigenvalue weighted by atomic mass is 32.2. The third-order valence-corrected chi connectivity index (χ3v) is 11.0. The van der Waals surface area contributed by atoms with E-state index in [1.54, 1.807) is 26.1 Å². The molecular weight excluding hydrogens is 512 g/mol. The van der Waals surface area contributed by atoms with Crippen LogP contribution in [0.4, 0.5) is 8.78 Å². The molecule has 11 heteroatoms. The molecular formula is C27H23F2N5O3S. The summed E-state index contributed by atoms with van der Waals surface area (Å²) in [5, 5.41) is 8.23. The molecule has 0 saturated heterocycles. The zero-order valence-corrected chi connectivity index (χ0v) is 21.6. The van der Waals surface area contributed by atoms with Crippen LogP contribution in [0.1, 0.15) is 55.8 Å². The zero-order valence-electron chi connectivity index (χ0n) is 20.8. The lowest BCUT2D eigenvalue weighted by molar-refractivity contribution is 0.159. The second-order valence-electron chi connectivity index (χ2n) is 10.9. The fourth-order valence-electron chi connectivity index (χ4n) is 6.70. The molecule has 2 saturated carbocycles. The lowest BCUT2D eigenvalue weighted by Gasteiger charge is -2.45. The number of nitrogens with zero attached hydrogens (tertiary/aromatic N) is 5. The van der Waals surface area contributed by atoms with E-state index in [2.05, 4.69) is 27.1 Å². The highest BCUT2D eigenvalue weighted by molar-refractivity contribution is 7.91. The van der Waals surface area contributed by atoms with Crippen molar-refractivity contribution < 1.29 is 21.6 Å². The molecule has 0 spiro atoms. The van der Waals surface area contributed by atoms with E-state index < -0.39 is 32.1 Å². The van der Waals surface area contributed by atoms with Crippen LogP contribution in [0.2, 0.25) is 0 Å². The van der Waals surface area contributed by atoms with Crippen molar-refractivity contribution in [1.29, 1.82) is 0 Å². The van der Waals surface area contributed by atoms with Crippen LogP contribution in [0.5, 0.6) is 0 Å². The molecule has 38 heavy (non-hydrogen) atoms. The average Bonchev–Trinajstić information content (AvgIpc) is 3.15. The van der Waals surface area contributed by atoms with Gasteiger partial charge in [-0.1, -0.05) is 13.0 Å². The lowest BCUT2D eigenvalue weighted by Crippen LogP contribution is -2.46. The number of rotatable bonds is 6. The van der Waals surface area contributed by atoms with Crippen LogP contribution >= 0.6 is 0 Å². The maximum absolute atomic E-state index is 14.5. The van der Waals surface area contributed by atoms with Crippen LogP contribution in [0, 0.1) is 23.0 Å². The minimum absolute atomic E-state index is 0.142. The van der Waals surface area contributed by atoms with Crippen LogP contribution in [-0.2, 0) is 21.0 Å². The molecule has 0 aliphatic heterocycles. The fraction of sp³-hybridized carbons (Fsp3) is 0.370. The number of benzene rings is 1. The molecule has 194 valence electrons. The molecule has 2 unspecified atom stereocenters. The van der Waals surface area contributed by atoms with E-state index in [9.17, 15) is 17.2 Å². The van der Waals surface area contributed by atoms with E-state index in [0.29, 0.717) is 23.0 Å². The smallest absolute Gasteiger partial charge is 0.246 e. The minimum atomic E-state index is -3.34. The summed E-state index contributed by atoms with van der Waals surface area (Å²) in [6.07, 6.45) is 5.39. The number of halogens is 2. The van der Waals surface area contributed by atoms with Crippen molar-refractivity contribution in [2.24, 2.45) is 11.3 Å². The highest BCUT2D eigenvalue weighted by Crippen LogP contribution is 2.90. The van der Waals surface area contributed by atoms with Crippen molar-refractivity contribution in [3.05, 3.63) is 77.2 Å². The van der Waals surface area contributed by atoms with Crippen LogP contribution in [-0.4, -0.2) is 38.8 Å². The summed E-state index contributed by atoms with van der Waals surface area (Å²) in [4.78, 5) is 13.6. The molecule has 4 atom stereocenters. The van der Waals surface area contributed by atoms with Gasteiger partial charge in [0.25, 0.3) is 0 Å². The zero-order chi connectivity index (χ0) is 26.6. The highest BCUT2D eigenvalue weighted by Gasteiger charge is 2.87. The van der Waals surface area contributed by atoms with Gasteiger partial charge < -0.3 is 4.42 Å². The summed E-state index contributed by atoms with van der Waals surface area (Å²) >= 11 is 0. The van der Waals surface area contributed by atoms with Crippen molar-refractivity contribution >= 4 is 9.84 Å². The SMILES string of the molecule is CC(C)S(=O)(=O)Cc1coc(-c2cncc([C@@]34CC5[C@@H](c6cc(-c7c(F)cccc7F)nnc63)C54C)n2)n1. The van der Waals surface area contributed by atoms with Crippen molar-refractivity contribution in [1.82, 2.24) is 25.1 Å². The second-order valence-corrected chi connectivity index (χ2v) is 13.5. The third-order valence-electron chi connectivity index (χ3n) is 8.85. The largest absolute Gasteiger partial charge is 0.443 e. The van der Waals surface area contributed by atoms with E-state index in [4.69, 9.17) is 9.40 Å². The first-order valence-electron chi connectivity index (χ1n) is 12.4. The first-order valence-corrected chi connectivity index (χ1v) is 14.1. The van der Waals surface area contributed by atoms with Gasteiger partial charge in [0.2, 0.25) is 5.89 Å². The molecule has 3 aromatic heterocycles. The molecule has 4 aromatic rings. The topological polar surface area (TPSA) is 112 Å². The van der Waals surface area contributed by atoms with Gasteiger partial charge in [-0.15, -0.1) is 5.10 Å². The molecule has 0 bridgehead atoms. The molecule has 3 heterocycles. The van der Waals surface area contributed by atoms with Crippen LogP contribution < -0.4 is 0 Å². The quantitative estimate of drug-likeness (QED) is 0.352. The van der Waals surface area contributed by atoms with Gasteiger partial charge in [-0.3, -0.25) is 4.98 Å². The van der Waals surface area contributed by atoms with Crippen LogP contribution in [0.25, 0.3) is 22.8 Å². The van der Waals surface area contributed by atoms with Gasteiger partial charge in [-0.25, -0.2) is 27.2 Å². The van der Waals surface area contributed by atoms with Crippen LogP contribution in [0.15, 0.2) is 47.3 Å². The van der Waals surface area contributed by atoms with E-state index in [0.717, 1.165) is 17.7 Å². The number of sulfone groups is 1. The number of oxazole rings is 1. The van der Waals surface area contributed by atoms with Gasteiger partial charge in [0.15, 0.2) is 9.84 Å². The maximum atomic E-state index is 14.5. The Hall–Kier alpha value is -3.60. The van der Waals surface area contributed by atoms with Crippen molar-refractivity contribution in [3.8, 4) is 22.8 Å². The van der Waals surface area contributed by atoms with Crippen molar-refractivity contribution in [3.63, 3.8) is 0 Å². The minimum Gasteiger partial charge on any atom is -0.443 e. The molecule has 0 N–H and O–H groups in total. The van der Waals surface area contributed by atoms with Crippen molar-refractivity contribution in [2.45, 2.75) is 49.5 Å². The van der Waals surface area contributed by atoms with E-state index in [1.165, 1.54) is 30.7 Å². The number of aromatic nitrogens is 5. The summed E-state index contributed by atoms with van der Waals surface area (Å²) in [5.74, 6) is -0.783. The molecule has 1 aromatic carbocycles. The van der Waals surface area contributed by atoms with E-state index in [1.807, 2.05) is 0 Å². The molecule has 7 rings (SSSR count). The monoisotopic (exact) mass is 535 g/mol. The summed E-state index contributed by atoms with van der Waals surface area (Å²) in [6.45, 7) is 5.44. The summed E-state index contributed by atoms with van der Waals surface area (Å²) in [5.41, 5.74) is 2.42. The Morgan fingerprint density at radius 2 is 1.87 bits per heavy atom. The Labute approximate surface area is 217 Å². The predicted octanol–water partition coefficient (Wildman–Crippen LogP) is 4.61. The molecule has 3 aliphatic carbocycles. The average molecular weight is 536 g/mol. The first kappa shape index (κ1) is 23.5. The van der Waals surface area contributed by atoms with Gasteiger partial charge in [-0.05, 0) is 61.3 Å². The van der Waals surface area contributed by atoms with Crippen LogP contribution in [0.3, 0.4) is 0 Å². The molecule has 3 aliphatic rings. The Morgan fingerprint density at radius 3 is 2.61 bits per heavy atom. The number of hydrogen-bond donors (Lipinski definition) is 0. The maximum Gasteiger partial charge on any atom is 0.246 e. The molecule has 0 radical (unpaired) electrons. The predicted molar refractivity (Wildman–Crippen MR) is 132 cm³/mol. The Bertz CT molecular complexity index is 1740. The second kappa shape index (κ2) is 7.49. The Balaban J connectivity index is 1.27. The van der Waals surface area contributed by atoms with Gasteiger partial charge in [0.1, 0.15) is 23.6 Å². The summed E-state index contributed by atoms with van der Waals surface area (Å²) in [6, 6.07) is 5.51. The number of fused-ring (bicyclic) bond motifs is 4. The summed E-state index contributed by atoms with van der Waals surface area (Å²) in [7, 11) is -3.34. The normalized spacial score (nSPS) is 26.7. The molecule has 8 nitrogen and oxygen atoms in total. The van der Waals surface area contributed by atoms with E-state index >= 15 is 0 Å². The molecule has 0 amide bonds. The standard InChI is InChI=1S/C27H23F2N5O3S/c1-13(2)38(35,36)12-14-11-37-25(31-14)20-9-30-10-21(32-20)27-8-16-23(26(16,27)3)15-7-19(33-34-24(15)27)22-17(28)5-4-6-18(22)29/h4-7,9-11,13,16,23H,8,12H2,1-3H3/t16?,23-,26?,27+/m1/s1. The lowest BCUT2D eigenvalue weighted by atomic mass is 9.57. The summed E-state index contributed by atoms with van der Waals surface area (Å²) < 4.78 is 59.1. The van der Waals surface area contributed by atoms with Gasteiger partial charge >= 0.3 is 0 Å². The first-order chi connectivity index (χ1) is 18.1. The number of hydrogen-bond acceptors (Lipinski definition) is 8.